The van der Waals surface area contributed by atoms with E-state index in [4.69, 9.17) is 9.26 Å². The molecule has 1 atom stereocenters. The Kier molecular flexibility index (Phi) is 5.53. The van der Waals surface area contributed by atoms with Crippen LogP contribution in [0.3, 0.4) is 0 Å². The number of hydrogen-bond donors (Lipinski definition) is 1. The van der Waals surface area contributed by atoms with Gasteiger partial charge in [-0.1, -0.05) is 12.1 Å². The van der Waals surface area contributed by atoms with Crippen LogP contribution >= 0.6 is 0 Å². The van der Waals surface area contributed by atoms with Crippen molar-refractivity contribution in [3.05, 3.63) is 41.3 Å². The van der Waals surface area contributed by atoms with E-state index < -0.39 is 0 Å². The van der Waals surface area contributed by atoms with E-state index in [0.717, 1.165) is 50.0 Å². The van der Waals surface area contributed by atoms with Crippen molar-refractivity contribution < 1.29 is 14.1 Å². The average molecular weight is 330 g/mol. The predicted molar refractivity (Wildman–Crippen MR) is 86.2 cm³/mol. The van der Waals surface area contributed by atoms with Gasteiger partial charge < -0.3 is 14.6 Å². The standard InChI is InChI=1S/C17H22N4O3/c1-2-5-13-8-14(21-24-13)17(22)20-11-12-9-18-16(19-10-12)15-6-3-4-7-23-15/h8-10,15H,2-7,11H2,1H3,(H,20,22)/t15-/m1/s1. The molecule has 1 amide bonds. The van der Waals surface area contributed by atoms with Crippen molar-refractivity contribution in [3.8, 4) is 0 Å². The molecule has 128 valence electrons. The van der Waals surface area contributed by atoms with Gasteiger partial charge in [-0.3, -0.25) is 4.79 Å². The second-order valence-corrected chi connectivity index (χ2v) is 5.92. The van der Waals surface area contributed by atoms with Crippen molar-refractivity contribution in [2.75, 3.05) is 6.61 Å². The molecular formula is C17H22N4O3. The smallest absolute Gasteiger partial charge is 0.273 e. The van der Waals surface area contributed by atoms with Crippen LogP contribution in [0.4, 0.5) is 0 Å². The van der Waals surface area contributed by atoms with Crippen molar-refractivity contribution >= 4 is 5.91 Å². The van der Waals surface area contributed by atoms with Gasteiger partial charge in [-0.05, 0) is 25.7 Å². The number of aryl methyl sites for hydroxylation is 1. The summed E-state index contributed by atoms with van der Waals surface area (Å²) in [5, 5.41) is 6.58. The third kappa shape index (κ3) is 4.17. The van der Waals surface area contributed by atoms with Crippen LogP contribution in [-0.2, 0) is 17.7 Å². The highest BCUT2D eigenvalue weighted by Gasteiger charge is 2.18. The van der Waals surface area contributed by atoms with Crippen LogP contribution < -0.4 is 5.32 Å². The lowest BCUT2D eigenvalue weighted by atomic mass is 10.1. The molecule has 0 unspecified atom stereocenters. The topological polar surface area (TPSA) is 90.1 Å². The first kappa shape index (κ1) is 16.6. The normalized spacial score (nSPS) is 17.6. The zero-order valence-corrected chi connectivity index (χ0v) is 13.8. The zero-order valence-electron chi connectivity index (χ0n) is 13.8. The number of nitrogens with one attached hydrogen (secondary N) is 1. The van der Waals surface area contributed by atoms with E-state index >= 15 is 0 Å². The van der Waals surface area contributed by atoms with Gasteiger partial charge in [0, 0.05) is 43.6 Å². The molecule has 0 saturated carbocycles. The highest BCUT2D eigenvalue weighted by atomic mass is 16.5. The van der Waals surface area contributed by atoms with Crippen LogP contribution in [0.1, 0.15) is 66.3 Å². The average Bonchev–Trinajstić information content (AvgIpc) is 3.10. The van der Waals surface area contributed by atoms with E-state index in [2.05, 4.69) is 20.4 Å². The first-order valence-electron chi connectivity index (χ1n) is 8.42. The summed E-state index contributed by atoms with van der Waals surface area (Å²) in [5.41, 5.74) is 1.13. The van der Waals surface area contributed by atoms with Gasteiger partial charge in [0.25, 0.3) is 5.91 Å². The molecule has 0 aliphatic carbocycles. The Morgan fingerprint density at radius 3 is 2.88 bits per heavy atom. The summed E-state index contributed by atoms with van der Waals surface area (Å²) < 4.78 is 10.8. The predicted octanol–water partition coefficient (Wildman–Crippen LogP) is 2.59. The summed E-state index contributed by atoms with van der Waals surface area (Å²) in [7, 11) is 0. The Morgan fingerprint density at radius 1 is 1.33 bits per heavy atom. The summed E-state index contributed by atoms with van der Waals surface area (Å²) in [5.74, 6) is 1.18. The van der Waals surface area contributed by atoms with E-state index in [1.165, 1.54) is 0 Å². The molecular weight excluding hydrogens is 308 g/mol. The summed E-state index contributed by atoms with van der Waals surface area (Å²) in [6, 6.07) is 1.68. The molecule has 1 N–H and O–H groups in total. The molecule has 0 aromatic carbocycles. The Balaban J connectivity index is 1.53. The lowest BCUT2D eigenvalue weighted by molar-refractivity contribution is 0.00940. The van der Waals surface area contributed by atoms with Gasteiger partial charge >= 0.3 is 0 Å². The number of amides is 1. The zero-order chi connectivity index (χ0) is 16.8. The molecule has 7 nitrogen and oxygen atoms in total. The molecule has 0 bridgehead atoms. The summed E-state index contributed by atoms with van der Waals surface area (Å²) in [6.45, 7) is 3.16. The van der Waals surface area contributed by atoms with Crippen molar-refractivity contribution in [3.63, 3.8) is 0 Å². The quantitative estimate of drug-likeness (QED) is 0.875. The second-order valence-electron chi connectivity index (χ2n) is 5.92. The maximum absolute atomic E-state index is 12.1. The minimum absolute atomic E-state index is 0.00509. The minimum Gasteiger partial charge on any atom is -0.370 e. The van der Waals surface area contributed by atoms with E-state index in [-0.39, 0.29) is 12.0 Å². The maximum atomic E-state index is 12.1. The van der Waals surface area contributed by atoms with Crippen LogP contribution in [0.5, 0.6) is 0 Å². The van der Waals surface area contributed by atoms with Crippen LogP contribution in [-0.4, -0.2) is 27.6 Å². The lowest BCUT2D eigenvalue weighted by Gasteiger charge is -2.21. The molecule has 1 aliphatic rings. The van der Waals surface area contributed by atoms with E-state index in [1.807, 2.05) is 6.92 Å². The number of nitrogens with zero attached hydrogens (tertiary/aromatic N) is 3. The van der Waals surface area contributed by atoms with Gasteiger partial charge in [-0.25, -0.2) is 9.97 Å². The first-order chi connectivity index (χ1) is 11.8. The number of hydrogen-bond acceptors (Lipinski definition) is 6. The number of aromatic nitrogens is 3. The molecule has 1 saturated heterocycles. The third-order valence-electron chi connectivity index (χ3n) is 3.93. The maximum Gasteiger partial charge on any atom is 0.273 e. The monoisotopic (exact) mass is 330 g/mol. The SMILES string of the molecule is CCCc1cc(C(=O)NCc2cnc([C@H]3CCCCO3)nc2)no1. The summed E-state index contributed by atoms with van der Waals surface area (Å²) in [4.78, 5) is 20.8. The third-order valence-corrected chi connectivity index (χ3v) is 3.93. The lowest BCUT2D eigenvalue weighted by Crippen LogP contribution is -2.23. The Hall–Kier alpha value is -2.28. The molecule has 24 heavy (non-hydrogen) atoms. The number of ether oxygens (including phenoxy) is 1. The van der Waals surface area contributed by atoms with Gasteiger partial charge in [0.1, 0.15) is 11.9 Å². The Bertz CT molecular complexity index is 663. The molecule has 2 aromatic rings. The fourth-order valence-corrected chi connectivity index (χ4v) is 2.62. The summed E-state index contributed by atoms with van der Waals surface area (Å²) in [6.07, 6.45) is 8.38. The molecule has 1 fully saturated rings. The molecule has 3 heterocycles. The van der Waals surface area contributed by atoms with E-state index in [1.54, 1.807) is 18.5 Å². The number of carbonyl (C=O) groups excluding carboxylic acids is 1. The molecule has 3 rings (SSSR count). The molecule has 7 heteroatoms. The van der Waals surface area contributed by atoms with Gasteiger partial charge in [0.15, 0.2) is 11.5 Å². The van der Waals surface area contributed by atoms with Crippen LogP contribution in [0, 0.1) is 0 Å². The van der Waals surface area contributed by atoms with Gasteiger partial charge in [0.2, 0.25) is 0 Å². The minimum atomic E-state index is -0.263. The number of rotatable bonds is 6. The Labute approximate surface area is 140 Å². The molecule has 0 spiro atoms. The molecule has 1 aliphatic heterocycles. The highest BCUT2D eigenvalue weighted by Crippen LogP contribution is 2.24. The van der Waals surface area contributed by atoms with Crippen molar-refractivity contribution in [1.82, 2.24) is 20.4 Å². The van der Waals surface area contributed by atoms with Gasteiger partial charge in [0.05, 0.1) is 0 Å². The molecule has 0 radical (unpaired) electrons. The van der Waals surface area contributed by atoms with E-state index in [0.29, 0.717) is 18.1 Å². The van der Waals surface area contributed by atoms with Crippen LogP contribution in [0.2, 0.25) is 0 Å². The fourth-order valence-electron chi connectivity index (χ4n) is 2.62. The van der Waals surface area contributed by atoms with Crippen molar-refractivity contribution in [2.45, 2.75) is 51.7 Å². The van der Waals surface area contributed by atoms with Gasteiger partial charge in [-0.15, -0.1) is 0 Å². The Morgan fingerprint density at radius 2 is 2.17 bits per heavy atom. The first-order valence-corrected chi connectivity index (χ1v) is 8.42. The van der Waals surface area contributed by atoms with Crippen molar-refractivity contribution in [1.29, 1.82) is 0 Å². The van der Waals surface area contributed by atoms with E-state index in [9.17, 15) is 4.79 Å². The highest BCUT2D eigenvalue weighted by molar-refractivity contribution is 5.92. The number of carbonyl (C=O) groups is 1. The van der Waals surface area contributed by atoms with Crippen LogP contribution in [0.15, 0.2) is 23.0 Å². The van der Waals surface area contributed by atoms with Gasteiger partial charge in [-0.2, -0.15) is 0 Å². The second kappa shape index (κ2) is 8.01. The molecule has 2 aromatic heterocycles. The summed E-state index contributed by atoms with van der Waals surface area (Å²) >= 11 is 0. The largest absolute Gasteiger partial charge is 0.370 e. The fraction of sp³-hybridized carbons (Fsp3) is 0.529. The van der Waals surface area contributed by atoms with Crippen LogP contribution in [0.25, 0.3) is 0 Å². The van der Waals surface area contributed by atoms with Crippen molar-refractivity contribution in [2.24, 2.45) is 0 Å².